The van der Waals surface area contributed by atoms with Crippen LogP contribution in [0.2, 0.25) is 10.0 Å². The molecule has 142 valence electrons. The van der Waals surface area contributed by atoms with Crippen LogP contribution in [0.15, 0.2) is 41.5 Å². The van der Waals surface area contributed by atoms with Gasteiger partial charge in [-0.15, -0.1) is 0 Å². The normalized spacial score (nSPS) is 10.5. The lowest BCUT2D eigenvalue weighted by atomic mass is 10.2. The molecular weight excluding hydrogens is 393 g/mol. The van der Waals surface area contributed by atoms with E-state index in [2.05, 4.69) is 15.8 Å². The van der Waals surface area contributed by atoms with Crippen molar-refractivity contribution in [3.05, 3.63) is 57.6 Å². The first kappa shape index (κ1) is 20.5. The monoisotopic (exact) mass is 409 g/mol. The minimum Gasteiger partial charge on any atom is -0.497 e. The molecule has 0 aliphatic heterocycles. The number of hydrazone groups is 1. The van der Waals surface area contributed by atoms with E-state index in [0.717, 1.165) is 0 Å². The van der Waals surface area contributed by atoms with Gasteiger partial charge in [-0.25, -0.2) is 5.43 Å². The zero-order valence-corrected chi connectivity index (χ0v) is 16.1. The Morgan fingerprint density at radius 1 is 1.11 bits per heavy atom. The second-order valence-electron chi connectivity index (χ2n) is 5.21. The molecule has 7 nitrogen and oxygen atoms in total. The van der Waals surface area contributed by atoms with Crippen LogP contribution in [0.25, 0.3) is 0 Å². The van der Waals surface area contributed by atoms with Gasteiger partial charge >= 0.3 is 0 Å². The summed E-state index contributed by atoms with van der Waals surface area (Å²) in [5.74, 6) is 0.148. The largest absolute Gasteiger partial charge is 0.497 e. The van der Waals surface area contributed by atoms with Gasteiger partial charge in [0.2, 0.25) is 0 Å². The van der Waals surface area contributed by atoms with E-state index in [0.29, 0.717) is 22.1 Å². The minimum absolute atomic E-state index is 0.184. The van der Waals surface area contributed by atoms with Crippen LogP contribution in [0.1, 0.15) is 15.9 Å². The molecule has 0 saturated heterocycles. The third-order valence-corrected chi connectivity index (χ3v) is 3.98. The van der Waals surface area contributed by atoms with Crippen molar-refractivity contribution in [3.8, 4) is 11.5 Å². The molecule has 0 atom stereocenters. The van der Waals surface area contributed by atoms with Gasteiger partial charge in [-0.2, -0.15) is 5.10 Å². The lowest BCUT2D eigenvalue weighted by Crippen LogP contribution is -2.35. The Bertz CT molecular complexity index is 872. The van der Waals surface area contributed by atoms with Gasteiger partial charge in [-0.3, -0.25) is 9.59 Å². The first-order valence-corrected chi connectivity index (χ1v) is 8.47. The summed E-state index contributed by atoms with van der Waals surface area (Å²) >= 11 is 11.8. The van der Waals surface area contributed by atoms with Gasteiger partial charge in [0, 0.05) is 16.7 Å². The average Bonchev–Trinajstić information content (AvgIpc) is 2.68. The van der Waals surface area contributed by atoms with Crippen molar-refractivity contribution < 1.29 is 19.1 Å². The third-order valence-electron chi connectivity index (χ3n) is 3.42. The van der Waals surface area contributed by atoms with Gasteiger partial charge in [0.25, 0.3) is 11.8 Å². The predicted molar refractivity (Wildman–Crippen MR) is 104 cm³/mol. The summed E-state index contributed by atoms with van der Waals surface area (Å²) in [5, 5.41) is 6.89. The van der Waals surface area contributed by atoms with Crippen molar-refractivity contribution in [1.82, 2.24) is 10.7 Å². The molecule has 2 aromatic rings. The molecule has 0 fully saturated rings. The number of halogens is 2. The predicted octanol–water partition coefficient (Wildman–Crippen LogP) is 2.89. The molecular formula is C18H17Cl2N3O4. The number of ether oxygens (including phenoxy) is 2. The van der Waals surface area contributed by atoms with Crippen LogP contribution in [0, 0.1) is 0 Å². The Hall–Kier alpha value is -2.77. The summed E-state index contributed by atoms with van der Waals surface area (Å²) in [4.78, 5) is 23.9. The molecule has 0 aliphatic carbocycles. The van der Waals surface area contributed by atoms with E-state index in [-0.39, 0.29) is 17.1 Å². The van der Waals surface area contributed by atoms with Crippen LogP contribution < -0.4 is 20.2 Å². The molecule has 2 amide bonds. The maximum absolute atomic E-state index is 12.1. The first-order chi connectivity index (χ1) is 12.9. The Morgan fingerprint density at radius 3 is 2.59 bits per heavy atom. The van der Waals surface area contributed by atoms with E-state index in [1.54, 1.807) is 31.4 Å². The Labute approximate surface area is 166 Å². The number of methoxy groups -OCH3 is 2. The Balaban J connectivity index is 1.90. The van der Waals surface area contributed by atoms with Crippen molar-refractivity contribution >= 4 is 41.2 Å². The van der Waals surface area contributed by atoms with Crippen molar-refractivity contribution in [2.45, 2.75) is 0 Å². The number of carbonyl (C=O) groups excluding carboxylic acids is 2. The summed E-state index contributed by atoms with van der Waals surface area (Å²) in [6.07, 6.45) is 1.42. The van der Waals surface area contributed by atoms with Crippen LogP contribution in [0.3, 0.4) is 0 Å². The molecule has 0 aliphatic rings. The second kappa shape index (κ2) is 9.80. The highest BCUT2D eigenvalue weighted by atomic mass is 35.5. The molecule has 9 heteroatoms. The highest BCUT2D eigenvalue weighted by Gasteiger charge is 2.12. The lowest BCUT2D eigenvalue weighted by Gasteiger charge is -2.07. The number of benzene rings is 2. The fourth-order valence-electron chi connectivity index (χ4n) is 2.07. The van der Waals surface area contributed by atoms with E-state index >= 15 is 0 Å². The van der Waals surface area contributed by atoms with E-state index < -0.39 is 11.8 Å². The van der Waals surface area contributed by atoms with Gasteiger partial charge in [0.15, 0.2) is 0 Å². The smallest absolute Gasteiger partial charge is 0.259 e. The zero-order chi connectivity index (χ0) is 19.8. The van der Waals surface area contributed by atoms with Gasteiger partial charge in [-0.1, -0.05) is 23.2 Å². The Morgan fingerprint density at radius 2 is 1.89 bits per heavy atom. The summed E-state index contributed by atoms with van der Waals surface area (Å²) in [7, 11) is 3.06. The zero-order valence-electron chi connectivity index (χ0n) is 14.6. The second-order valence-corrected chi connectivity index (χ2v) is 6.05. The summed E-state index contributed by atoms with van der Waals surface area (Å²) in [6.45, 7) is -0.279. The van der Waals surface area contributed by atoms with E-state index in [4.69, 9.17) is 32.7 Å². The van der Waals surface area contributed by atoms with Crippen molar-refractivity contribution in [2.24, 2.45) is 5.10 Å². The summed E-state index contributed by atoms with van der Waals surface area (Å²) < 4.78 is 10.3. The highest BCUT2D eigenvalue weighted by molar-refractivity contribution is 6.35. The maximum atomic E-state index is 12.1. The van der Waals surface area contributed by atoms with E-state index in [1.807, 2.05) is 0 Å². The number of hydrogen-bond donors (Lipinski definition) is 2. The van der Waals surface area contributed by atoms with Crippen LogP contribution in [0.5, 0.6) is 11.5 Å². The van der Waals surface area contributed by atoms with E-state index in [1.165, 1.54) is 25.5 Å². The molecule has 0 unspecified atom stereocenters. The molecule has 0 saturated carbocycles. The molecule has 0 radical (unpaired) electrons. The topological polar surface area (TPSA) is 89.0 Å². The minimum atomic E-state index is -0.515. The molecule has 0 aromatic heterocycles. The lowest BCUT2D eigenvalue weighted by molar-refractivity contribution is -0.120. The summed E-state index contributed by atoms with van der Waals surface area (Å²) in [6, 6.07) is 9.65. The highest BCUT2D eigenvalue weighted by Crippen LogP contribution is 2.23. The number of rotatable bonds is 7. The standard InChI is InChI=1S/C18H17Cl2N3O4/c1-26-13-5-3-11(16(8-13)27-2)9-22-23-17(24)10-21-18(25)14-7-12(19)4-6-15(14)20/h3-9H,10H2,1-2H3,(H,21,25)(H,23,24)/b22-9+. The summed E-state index contributed by atoms with van der Waals surface area (Å²) in [5.41, 5.74) is 3.14. The van der Waals surface area contributed by atoms with Crippen molar-refractivity contribution in [1.29, 1.82) is 0 Å². The van der Waals surface area contributed by atoms with Crippen LogP contribution in [-0.2, 0) is 4.79 Å². The van der Waals surface area contributed by atoms with Crippen molar-refractivity contribution in [3.63, 3.8) is 0 Å². The number of nitrogens with one attached hydrogen (secondary N) is 2. The van der Waals surface area contributed by atoms with Crippen LogP contribution in [0.4, 0.5) is 0 Å². The molecule has 0 spiro atoms. The molecule has 27 heavy (non-hydrogen) atoms. The Kier molecular flexibility index (Phi) is 7.45. The first-order valence-electron chi connectivity index (χ1n) is 7.71. The maximum Gasteiger partial charge on any atom is 0.259 e. The third kappa shape index (κ3) is 5.87. The molecule has 2 N–H and O–H groups in total. The fourth-order valence-corrected chi connectivity index (χ4v) is 2.44. The molecule has 0 bridgehead atoms. The fraction of sp³-hybridized carbons (Fsp3) is 0.167. The van der Waals surface area contributed by atoms with Crippen LogP contribution >= 0.6 is 23.2 Å². The van der Waals surface area contributed by atoms with Crippen LogP contribution in [-0.4, -0.2) is 38.8 Å². The van der Waals surface area contributed by atoms with E-state index in [9.17, 15) is 9.59 Å². The number of carbonyl (C=O) groups is 2. The SMILES string of the molecule is COc1ccc(/C=N/NC(=O)CNC(=O)c2cc(Cl)ccc2Cl)c(OC)c1. The van der Waals surface area contributed by atoms with Gasteiger partial charge in [0.1, 0.15) is 11.5 Å². The van der Waals surface area contributed by atoms with Crippen molar-refractivity contribution in [2.75, 3.05) is 20.8 Å². The molecule has 2 rings (SSSR count). The number of hydrogen-bond acceptors (Lipinski definition) is 5. The quantitative estimate of drug-likeness (QED) is 0.543. The number of nitrogens with zero attached hydrogens (tertiary/aromatic N) is 1. The molecule has 2 aromatic carbocycles. The molecule has 0 heterocycles. The van der Waals surface area contributed by atoms with Gasteiger partial charge < -0.3 is 14.8 Å². The number of amides is 2. The van der Waals surface area contributed by atoms with Gasteiger partial charge in [-0.05, 0) is 30.3 Å². The van der Waals surface area contributed by atoms with Gasteiger partial charge in [0.05, 0.1) is 37.6 Å². The average molecular weight is 410 g/mol.